The summed E-state index contributed by atoms with van der Waals surface area (Å²) in [7, 11) is 0. The summed E-state index contributed by atoms with van der Waals surface area (Å²) >= 11 is -1.75. The second-order valence-electron chi connectivity index (χ2n) is 5.77. The SMILES string of the molecule is CC(C)(C)[S@@+]([O-])NC(CF)c1cc([N+](=O)[O-])cc(C(F)(F)F)c1. The summed E-state index contributed by atoms with van der Waals surface area (Å²) in [6, 6.07) is 0.478. The van der Waals surface area contributed by atoms with E-state index >= 15 is 0 Å². The van der Waals surface area contributed by atoms with Crippen molar-refractivity contribution in [3.8, 4) is 0 Å². The van der Waals surface area contributed by atoms with E-state index in [-0.39, 0.29) is 5.56 Å². The van der Waals surface area contributed by atoms with E-state index in [1.807, 2.05) is 0 Å². The van der Waals surface area contributed by atoms with Crippen LogP contribution in [0.3, 0.4) is 0 Å². The van der Waals surface area contributed by atoms with Crippen LogP contribution >= 0.6 is 0 Å². The third-order valence-corrected chi connectivity index (χ3v) is 4.45. The van der Waals surface area contributed by atoms with Crippen molar-refractivity contribution in [3.63, 3.8) is 0 Å². The Morgan fingerprint density at radius 3 is 2.22 bits per heavy atom. The van der Waals surface area contributed by atoms with E-state index < -0.39 is 51.2 Å². The second kappa shape index (κ2) is 7.02. The maximum Gasteiger partial charge on any atom is 0.416 e. The van der Waals surface area contributed by atoms with Gasteiger partial charge in [-0.3, -0.25) is 10.1 Å². The Kier molecular flexibility index (Phi) is 6.00. The number of halogens is 4. The second-order valence-corrected chi connectivity index (χ2v) is 7.77. The zero-order chi connectivity index (χ0) is 18.0. The predicted molar refractivity (Wildman–Crippen MR) is 77.8 cm³/mol. The van der Waals surface area contributed by atoms with Crippen LogP contribution in [0.25, 0.3) is 0 Å². The summed E-state index contributed by atoms with van der Waals surface area (Å²) in [5, 5.41) is 10.8. The van der Waals surface area contributed by atoms with Gasteiger partial charge in [0.1, 0.15) is 17.5 Å². The van der Waals surface area contributed by atoms with Crippen molar-refractivity contribution < 1.29 is 27.0 Å². The molecule has 0 radical (unpaired) electrons. The number of alkyl halides is 4. The van der Waals surface area contributed by atoms with Gasteiger partial charge in [0, 0.05) is 23.5 Å². The van der Waals surface area contributed by atoms with Gasteiger partial charge in [0.15, 0.2) is 0 Å². The first-order chi connectivity index (χ1) is 10.4. The lowest BCUT2D eigenvalue weighted by Gasteiger charge is -2.27. The molecule has 130 valence electrons. The summed E-state index contributed by atoms with van der Waals surface area (Å²) in [4.78, 5) is 9.80. The van der Waals surface area contributed by atoms with Crippen molar-refractivity contribution in [1.82, 2.24) is 4.72 Å². The van der Waals surface area contributed by atoms with Gasteiger partial charge in [-0.15, -0.1) is 4.72 Å². The van der Waals surface area contributed by atoms with E-state index in [1.54, 1.807) is 20.8 Å². The number of nitrogens with zero attached hydrogens (tertiary/aromatic N) is 1. The van der Waals surface area contributed by atoms with E-state index in [0.717, 1.165) is 6.07 Å². The van der Waals surface area contributed by atoms with Crippen LogP contribution in [0, 0.1) is 10.1 Å². The molecule has 0 fully saturated rings. The number of non-ortho nitro benzene ring substituents is 1. The van der Waals surface area contributed by atoms with Crippen LogP contribution in [0.1, 0.15) is 37.9 Å². The van der Waals surface area contributed by atoms with Gasteiger partial charge in [0.25, 0.3) is 5.69 Å². The molecule has 0 aliphatic heterocycles. The number of nitro groups is 1. The van der Waals surface area contributed by atoms with Gasteiger partial charge in [-0.2, -0.15) is 13.2 Å². The number of nitro benzene ring substituents is 1. The van der Waals surface area contributed by atoms with Crippen LogP contribution in [0.5, 0.6) is 0 Å². The Hall–Kier alpha value is -1.39. The number of hydrogen-bond donors (Lipinski definition) is 1. The molecule has 1 unspecified atom stereocenters. The average Bonchev–Trinajstić information content (AvgIpc) is 2.41. The third kappa shape index (κ3) is 5.33. The largest absolute Gasteiger partial charge is 0.598 e. The molecule has 2 atom stereocenters. The average molecular weight is 356 g/mol. The Morgan fingerprint density at radius 2 is 1.83 bits per heavy atom. The van der Waals surface area contributed by atoms with Crippen molar-refractivity contribution in [2.45, 2.75) is 37.7 Å². The molecule has 0 aliphatic rings. The van der Waals surface area contributed by atoms with Gasteiger partial charge < -0.3 is 4.55 Å². The highest BCUT2D eigenvalue weighted by Crippen LogP contribution is 2.34. The van der Waals surface area contributed by atoms with Crippen LogP contribution in [0.15, 0.2) is 18.2 Å². The molecule has 0 aromatic heterocycles. The topological polar surface area (TPSA) is 78.2 Å². The Balaban J connectivity index is 3.27. The maximum atomic E-state index is 13.2. The minimum Gasteiger partial charge on any atom is -0.598 e. The third-order valence-electron chi connectivity index (χ3n) is 2.84. The number of hydrogen-bond acceptors (Lipinski definition) is 4. The summed E-state index contributed by atoms with van der Waals surface area (Å²) < 4.78 is 65.3. The summed E-state index contributed by atoms with van der Waals surface area (Å²) in [6.45, 7) is 3.63. The molecule has 0 spiro atoms. The van der Waals surface area contributed by atoms with Gasteiger partial charge >= 0.3 is 6.18 Å². The monoisotopic (exact) mass is 356 g/mol. The Bertz CT molecular complexity index is 575. The zero-order valence-corrected chi connectivity index (χ0v) is 13.4. The maximum absolute atomic E-state index is 13.2. The minimum absolute atomic E-state index is 0.286. The molecule has 0 amide bonds. The van der Waals surface area contributed by atoms with Crippen molar-refractivity contribution in [1.29, 1.82) is 0 Å². The fraction of sp³-hybridized carbons (Fsp3) is 0.538. The van der Waals surface area contributed by atoms with Crippen LogP contribution in [0.4, 0.5) is 23.2 Å². The van der Waals surface area contributed by atoms with E-state index in [1.165, 1.54) is 0 Å². The molecule has 1 N–H and O–H groups in total. The lowest BCUT2D eigenvalue weighted by atomic mass is 10.0. The smallest absolute Gasteiger partial charge is 0.416 e. The highest BCUT2D eigenvalue weighted by atomic mass is 32.2. The molecule has 1 rings (SSSR count). The first kappa shape index (κ1) is 19.7. The first-order valence-electron chi connectivity index (χ1n) is 6.47. The van der Waals surface area contributed by atoms with E-state index in [9.17, 15) is 32.2 Å². The fourth-order valence-corrected chi connectivity index (χ4v) is 2.41. The predicted octanol–water partition coefficient (Wildman–Crippen LogP) is 3.68. The highest BCUT2D eigenvalue weighted by molar-refractivity contribution is 7.90. The minimum atomic E-state index is -4.81. The Labute approximate surface area is 133 Å². The summed E-state index contributed by atoms with van der Waals surface area (Å²) in [6.07, 6.45) is -4.81. The van der Waals surface area contributed by atoms with Crippen molar-refractivity contribution in [2.75, 3.05) is 6.67 Å². The normalized spacial score (nSPS) is 15.3. The molecule has 0 saturated carbocycles. The van der Waals surface area contributed by atoms with Crippen molar-refractivity contribution in [3.05, 3.63) is 39.4 Å². The molecular weight excluding hydrogens is 340 g/mol. The molecule has 0 heterocycles. The van der Waals surface area contributed by atoms with Gasteiger partial charge in [0.2, 0.25) is 0 Å². The van der Waals surface area contributed by atoms with Gasteiger partial charge in [-0.1, -0.05) is 0 Å². The molecule has 23 heavy (non-hydrogen) atoms. The molecule has 0 bridgehead atoms. The molecular formula is C13H16F4N2O3S. The molecule has 0 saturated heterocycles. The molecule has 10 heteroatoms. The molecule has 0 aliphatic carbocycles. The number of benzene rings is 1. The first-order valence-corrected chi connectivity index (χ1v) is 7.62. The van der Waals surface area contributed by atoms with E-state index in [0.29, 0.717) is 12.1 Å². The lowest BCUT2D eigenvalue weighted by Crippen LogP contribution is -2.41. The van der Waals surface area contributed by atoms with Crippen LogP contribution in [-0.2, 0) is 17.5 Å². The molecule has 5 nitrogen and oxygen atoms in total. The molecule has 1 aromatic rings. The fourth-order valence-electron chi connectivity index (χ4n) is 1.60. The quantitative estimate of drug-likeness (QED) is 0.378. The molecule has 1 aromatic carbocycles. The van der Waals surface area contributed by atoms with Crippen LogP contribution < -0.4 is 4.72 Å². The number of nitrogens with one attached hydrogen (secondary N) is 1. The van der Waals surface area contributed by atoms with E-state index in [2.05, 4.69) is 4.72 Å². The number of rotatable bonds is 5. The van der Waals surface area contributed by atoms with Crippen LogP contribution in [-0.4, -0.2) is 20.9 Å². The van der Waals surface area contributed by atoms with E-state index in [4.69, 9.17) is 0 Å². The summed E-state index contributed by atoms with van der Waals surface area (Å²) in [5.41, 5.74) is -2.35. The van der Waals surface area contributed by atoms with Crippen LogP contribution in [0.2, 0.25) is 0 Å². The highest BCUT2D eigenvalue weighted by Gasteiger charge is 2.35. The lowest BCUT2D eigenvalue weighted by molar-refractivity contribution is -0.385. The summed E-state index contributed by atoms with van der Waals surface area (Å²) in [5.74, 6) is 0. The van der Waals surface area contributed by atoms with Crippen molar-refractivity contribution >= 4 is 17.0 Å². The van der Waals surface area contributed by atoms with Gasteiger partial charge in [-0.05, 0) is 32.4 Å². The van der Waals surface area contributed by atoms with Gasteiger partial charge in [0.05, 0.1) is 10.5 Å². The standard InChI is InChI=1S/C13H16F4N2O3S/c1-12(2,3)23(22)18-11(7-14)8-4-9(13(15,16)17)6-10(5-8)19(20)21/h4-6,11,18H,7H2,1-3H3/t11?,23-/m1/s1. The zero-order valence-electron chi connectivity index (χ0n) is 12.6. The Morgan fingerprint density at radius 1 is 1.26 bits per heavy atom. The van der Waals surface area contributed by atoms with Gasteiger partial charge in [-0.25, -0.2) is 4.39 Å². The van der Waals surface area contributed by atoms with Crippen molar-refractivity contribution in [2.24, 2.45) is 0 Å².